The van der Waals surface area contributed by atoms with Crippen molar-refractivity contribution in [2.45, 2.75) is 13.3 Å². The van der Waals surface area contributed by atoms with Crippen molar-refractivity contribution in [3.63, 3.8) is 0 Å². The van der Waals surface area contributed by atoms with E-state index >= 15 is 0 Å². The van der Waals surface area contributed by atoms with E-state index < -0.39 is 0 Å². The second-order valence-corrected chi connectivity index (χ2v) is 3.87. The first-order chi connectivity index (χ1) is 9.26. The summed E-state index contributed by atoms with van der Waals surface area (Å²) < 4.78 is 15.4. The van der Waals surface area contributed by atoms with E-state index in [9.17, 15) is 0 Å². The van der Waals surface area contributed by atoms with Crippen LogP contribution in [0.4, 0.5) is 5.95 Å². The van der Waals surface area contributed by atoms with Gasteiger partial charge in [0.25, 0.3) is 0 Å². The lowest BCUT2D eigenvalue weighted by atomic mass is 10.4. The van der Waals surface area contributed by atoms with Crippen LogP contribution >= 0.6 is 11.6 Å². The fraction of sp³-hybridized carbons (Fsp3) is 0.727. The van der Waals surface area contributed by atoms with Crippen LogP contribution in [0.3, 0.4) is 0 Å². The molecule has 0 amide bonds. The molecule has 7 nitrogen and oxygen atoms in total. The van der Waals surface area contributed by atoms with Gasteiger partial charge in [-0.3, -0.25) is 0 Å². The molecule has 0 bridgehead atoms. The highest BCUT2D eigenvalue weighted by Gasteiger charge is 2.04. The summed E-state index contributed by atoms with van der Waals surface area (Å²) >= 11 is 5.76. The van der Waals surface area contributed by atoms with E-state index in [0.717, 1.165) is 6.42 Å². The lowest BCUT2D eigenvalue weighted by Crippen LogP contribution is -2.11. The highest BCUT2D eigenvalue weighted by molar-refractivity contribution is 6.28. The third-order valence-electron chi connectivity index (χ3n) is 2.04. The van der Waals surface area contributed by atoms with E-state index in [1.807, 2.05) is 6.92 Å². The van der Waals surface area contributed by atoms with E-state index in [1.165, 1.54) is 0 Å². The van der Waals surface area contributed by atoms with Gasteiger partial charge in [-0.1, -0.05) is 0 Å². The zero-order chi connectivity index (χ0) is 13.9. The Morgan fingerprint density at radius 1 is 1.16 bits per heavy atom. The molecule has 19 heavy (non-hydrogen) atoms. The van der Waals surface area contributed by atoms with Crippen LogP contribution in [0, 0.1) is 0 Å². The van der Waals surface area contributed by atoms with Crippen LogP contribution in [0.5, 0.6) is 6.01 Å². The Hall–Kier alpha value is -1.18. The molecule has 0 saturated heterocycles. The van der Waals surface area contributed by atoms with Crippen molar-refractivity contribution in [3.05, 3.63) is 5.28 Å². The Labute approximate surface area is 117 Å². The quantitative estimate of drug-likeness (QED) is 0.652. The largest absolute Gasteiger partial charge is 0.464 e. The molecule has 0 aliphatic heterocycles. The lowest BCUT2D eigenvalue weighted by Gasteiger charge is -2.07. The van der Waals surface area contributed by atoms with Crippen molar-refractivity contribution in [2.75, 3.05) is 45.4 Å². The van der Waals surface area contributed by atoms with Gasteiger partial charge in [0.05, 0.1) is 19.8 Å². The van der Waals surface area contributed by atoms with Crippen molar-refractivity contribution in [1.29, 1.82) is 0 Å². The molecule has 0 aliphatic rings. The summed E-state index contributed by atoms with van der Waals surface area (Å²) in [4.78, 5) is 11.9. The highest BCUT2D eigenvalue weighted by atomic mass is 35.5. The molecule has 0 radical (unpaired) electrons. The Kier molecular flexibility index (Phi) is 8.11. The Morgan fingerprint density at radius 2 is 2.00 bits per heavy atom. The second kappa shape index (κ2) is 9.71. The summed E-state index contributed by atoms with van der Waals surface area (Å²) in [6.45, 7) is 4.86. The highest BCUT2D eigenvalue weighted by Crippen LogP contribution is 2.11. The number of nitrogens with one attached hydrogen (secondary N) is 1. The number of hydrogen-bond acceptors (Lipinski definition) is 7. The summed E-state index contributed by atoms with van der Waals surface area (Å²) in [7, 11) is 1.64. The predicted molar refractivity (Wildman–Crippen MR) is 71.8 cm³/mol. The standard InChI is InChI=1S/C11H19ClN4O3/c1-3-19-11-15-9(12)14-10(16-11)13-5-4-6-18-8-7-17-2/h3-8H2,1-2H3,(H,13,14,15,16). The van der Waals surface area contributed by atoms with Crippen molar-refractivity contribution >= 4 is 17.5 Å². The maximum atomic E-state index is 5.76. The van der Waals surface area contributed by atoms with Gasteiger partial charge in [-0.25, -0.2) is 0 Å². The fourth-order valence-corrected chi connectivity index (χ4v) is 1.38. The van der Waals surface area contributed by atoms with E-state index in [4.69, 9.17) is 25.8 Å². The third-order valence-corrected chi connectivity index (χ3v) is 2.21. The minimum absolute atomic E-state index is 0.109. The van der Waals surface area contributed by atoms with Gasteiger partial charge in [-0.15, -0.1) is 0 Å². The van der Waals surface area contributed by atoms with Gasteiger partial charge in [0.15, 0.2) is 0 Å². The van der Waals surface area contributed by atoms with Gasteiger partial charge in [-0.05, 0) is 24.9 Å². The van der Waals surface area contributed by atoms with Crippen LogP contribution in [-0.4, -0.2) is 55.0 Å². The fourth-order valence-electron chi connectivity index (χ4n) is 1.22. The van der Waals surface area contributed by atoms with Crippen LogP contribution in [-0.2, 0) is 9.47 Å². The number of ether oxygens (including phenoxy) is 3. The van der Waals surface area contributed by atoms with Crippen LogP contribution in [0.1, 0.15) is 13.3 Å². The summed E-state index contributed by atoms with van der Waals surface area (Å²) in [5.74, 6) is 0.403. The van der Waals surface area contributed by atoms with E-state index in [2.05, 4.69) is 20.3 Å². The van der Waals surface area contributed by atoms with Crippen LogP contribution in [0.25, 0.3) is 0 Å². The number of aromatic nitrogens is 3. The molecule has 0 spiro atoms. The zero-order valence-corrected chi connectivity index (χ0v) is 11.9. The monoisotopic (exact) mass is 290 g/mol. The van der Waals surface area contributed by atoms with Crippen molar-refractivity contribution in [1.82, 2.24) is 15.0 Å². The molecule has 0 atom stereocenters. The van der Waals surface area contributed by atoms with Gasteiger partial charge in [0.1, 0.15) is 0 Å². The molecule has 1 aromatic heterocycles. The number of nitrogens with zero attached hydrogens (tertiary/aromatic N) is 3. The molecule has 0 fully saturated rings. The average Bonchev–Trinajstić information content (AvgIpc) is 2.37. The normalized spacial score (nSPS) is 10.5. The van der Waals surface area contributed by atoms with Crippen LogP contribution in [0.2, 0.25) is 5.28 Å². The maximum absolute atomic E-state index is 5.76. The summed E-state index contributed by atoms with van der Waals surface area (Å²) in [6.07, 6.45) is 0.830. The molecule has 8 heteroatoms. The average molecular weight is 291 g/mol. The summed E-state index contributed by atoms with van der Waals surface area (Å²) in [5, 5.41) is 3.15. The molecule has 0 saturated carbocycles. The lowest BCUT2D eigenvalue weighted by molar-refractivity contribution is 0.0705. The maximum Gasteiger partial charge on any atom is 0.322 e. The number of methoxy groups -OCH3 is 1. The van der Waals surface area contributed by atoms with Crippen molar-refractivity contribution in [3.8, 4) is 6.01 Å². The number of rotatable bonds is 10. The Balaban J connectivity index is 2.25. The van der Waals surface area contributed by atoms with E-state index in [-0.39, 0.29) is 11.3 Å². The first-order valence-electron chi connectivity index (χ1n) is 6.11. The molecular weight excluding hydrogens is 272 g/mol. The SMILES string of the molecule is CCOc1nc(Cl)nc(NCCCOCCOC)n1. The Bertz CT molecular complexity index is 368. The van der Waals surface area contributed by atoms with Gasteiger partial charge in [0.2, 0.25) is 11.2 Å². The molecule has 0 aromatic carbocycles. The Morgan fingerprint density at radius 3 is 2.74 bits per heavy atom. The number of anilines is 1. The minimum Gasteiger partial charge on any atom is -0.464 e. The van der Waals surface area contributed by atoms with Crippen LogP contribution < -0.4 is 10.1 Å². The third kappa shape index (κ3) is 7.09. The molecule has 0 aliphatic carbocycles. The van der Waals surface area contributed by atoms with Crippen molar-refractivity contribution < 1.29 is 14.2 Å². The number of halogens is 1. The molecule has 0 unspecified atom stereocenters. The molecule has 1 aromatic rings. The van der Waals surface area contributed by atoms with Gasteiger partial charge < -0.3 is 19.5 Å². The molecular formula is C11H19ClN4O3. The van der Waals surface area contributed by atoms with Gasteiger partial charge >= 0.3 is 6.01 Å². The summed E-state index contributed by atoms with van der Waals surface area (Å²) in [5.41, 5.74) is 0. The minimum atomic E-state index is 0.109. The molecule has 1 heterocycles. The van der Waals surface area contributed by atoms with Gasteiger partial charge in [0, 0.05) is 20.3 Å². The zero-order valence-electron chi connectivity index (χ0n) is 11.2. The van der Waals surface area contributed by atoms with Crippen molar-refractivity contribution in [2.24, 2.45) is 0 Å². The first kappa shape index (κ1) is 15.9. The number of hydrogen-bond donors (Lipinski definition) is 1. The molecule has 108 valence electrons. The van der Waals surface area contributed by atoms with Gasteiger partial charge in [-0.2, -0.15) is 15.0 Å². The van der Waals surface area contributed by atoms with Crippen LogP contribution in [0.15, 0.2) is 0 Å². The van der Waals surface area contributed by atoms with E-state index in [0.29, 0.717) is 38.9 Å². The smallest absolute Gasteiger partial charge is 0.322 e. The van der Waals surface area contributed by atoms with E-state index in [1.54, 1.807) is 7.11 Å². The summed E-state index contributed by atoms with van der Waals surface area (Å²) in [6, 6.07) is 0.223. The molecule has 1 N–H and O–H groups in total. The topological polar surface area (TPSA) is 78.4 Å². The molecule has 1 rings (SSSR count). The second-order valence-electron chi connectivity index (χ2n) is 3.53. The predicted octanol–water partition coefficient (Wildman–Crippen LogP) is 1.39. The first-order valence-corrected chi connectivity index (χ1v) is 6.49.